The Balaban J connectivity index is 3.19. The second-order valence-corrected chi connectivity index (χ2v) is 3.67. The molecule has 0 saturated heterocycles. The van der Waals surface area contributed by atoms with Gasteiger partial charge in [-0.2, -0.15) is 0 Å². The molecule has 7 heteroatoms. The molecule has 0 aliphatic heterocycles. The van der Waals surface area contributed by atoms with E-state index in [2.05, 4.69) is 9.47 Å². The van der Waals surface area contributed by atoms with Crippen LogP contribution in [0.1, 0.15) is 10.4 Å². The molecule has 0 atom stereocenters. The molecule has 0 heterocycles. The first-order valence-electron chi connectivity index (χ1n) is 5.82. The van der Waals surface area contributed by atoms with Crippen LogP contribution in [0, 0.1) is 0 Å². The number of esters is 2. The van der Waals surface area contributed by atoms with Gasteiger partial charge in [0.2, 0.25) is 5.76 Å². The summed E-state index contributed by atoms with van der Waals surface area (Å²) in [6.07, 6.45) is 1.07. The molecule has 0 amide bonds. The van der Waals surface area contributed by atoms with Crippen molar-refractivity contribution in [1.82, 2.24) is 0 Å². The summed E-state index contributed by atoms with van der Waals surface area (Å²) in [7, 11) is 5.24. The zero-order valence-electron chi connectivity index (χ0n) is 12.2. The van der Waals surface area contributed by atoms with Gasteiger partial charge >= 0.3 is 11.9 Å². The summed E-state index contributed by atoms with van der Waals surface area (Å²) < 4.78 is 24.4. The lowest BCUT2D eigenvalue weighted by molar-refractivity contribution is -0.138. The number of carbonyl (C=O) groups is 2. The molecule has 21 heavy (non-hydrogen) atoms. The van der Waals surface area contributed by atoms with Crippen LogP contribution in [0.25, 0.3) is 0 Å². The first kappa shape index (κ1) is 16.4. The fourth-order valence-corrected chi connectivity index (χ4v) is 1.43. The van der Waals surface area contributed by atoms with E-state index in [1.54, 1.807) is 6.07 Å². The maximum Gasteiger partial charge on any atom is 0.377 e. The average Bonchev–Trinajstić information content (AvgIpc) is 2.53. The Labute approximate surface area is 122 Å². The van der Waals surface area contributed by atoms with Crippen molar-refractivity contribution >= 4 is 11.9 Å². The van der Waals surface area contributed by atoms with Crippen LogP contribution >= 0.6 is 0 Å². The molecule has 0 spiro atoms. The van der Waals surface area contributed by atoms with Gasteiger partial charge in [0.25, 0.3) is 0 Å². The van der Waals surface area contributed by atoms with Gasteiger partial charge in [-0.1, -0.05) is 0 Å². The summed E-state index contributed by atoms with van der Waals surface area (Å²) in [5.41, 5.74) is 0.0998. The number of hydrogen-bond acceptors (Lipinski definition) is 7. The maximum absolute atomic E-state index is 11.8. The zero-order valence-corrected chi connectivity index (χ0v) is 12.2. The van der Waals surface area contributed by atoms with Crippen LogP contribution in [-0.2, 0) is 19.0 Å². The lowest BCUT2D eigenvalue weighted by Gasteiger charge is -2.12. The third kappa shape index (κ3) is 4.13. The van der Waals surface area contributed by atoms with Crippen LogP contribution in [0.15, 0.2) is 30.2 Å². The van der Waals surface area contributed by atoms with Crippen molar-refractivity contribution in [2.75, 3.05) is 28.4 Å². The third-order valence-corrected chi connectivity index (χ3v) is 2.42. The highest BCUT2D eigenvalue weighted by molar-refractivity contribution is 5.93. The monoisotopic (exact) mass is 296 g/mol. The Hall–Kier alpha value is -2.70. The molecule has 0 aliphatic carbocycles. The van der Waals surface area contributed by atoms with Crippen molar-refractivity contribution in [2.24, 2.45) is 0 Å². The lowest BCUT2D eigenvalue weighted by atomic mass is 10.2. The quantitative estimate of drug-likeness (QED) is 0.447. The first-order chi connectivity index (χ1) is 10.1. The fraction of sp³-hybridized carbons (Fsp3) is 0.286. The molecule has 0 fully saturated rings. The van der Waals surface area contributed by atoms with E-state index in [1.165, 1.54) is 40.6 Å². The SMILES string of the molecule is COC=C(Oc1ccc(OC)cc1C(=O)OC)C(=O)OC. The van der Waals surface area contributed by atoms with E-state index in [1.807, 2.05) is 0 Å². The van der Waals surface area contributed by atoms with Gasteiger partial charge in [0.05, 0.1) is 28.4 Å². The van der Waals surface area contributed by atoms with Gasteiger partial charge in [-0.15, -0.1) is 0 Å². The number of rotatable bonds is 6. The minimum absolute atomic E-state index is 0.0998. The Bertz CT molecular complexity index is 548. The maximum atomic E-state index is 11.8. The summed E-state index contributed by atoms with van der Waals surface area (Å²) in [6.45, 7) is 0. The molecule has 0 N–H and O–H groups in total. The van der Waals surface area contributed by atoms with Crippen LogP contribution in [0.4, 0.5) is 0 Å². The molecular formula is C14H16O7. The average molecular weight is 296 g/mol. The molecule has 1 aromatic carbocycles. The standard InChI is InChI=1S/C14H16O7/c1-17-8-12(14(16)20-4)21-11-6-5-9(18-2)7-10(11)13(15)19-3/h5-8H,1-4H3. The second kappa shape index (κ2) is 7.78. The molecule has 0 aromatic heterocycles. The van der Waals surface area contributed by atoms with Gasteiger partial charge in [0.1, 0.15) is 23.3 Å². The van der Waals surface area contributed by atoms with Gasteiger partial charge in [-0.05, 0) is 18.2 Å². The number of methoxy groups -OCH3 is 4. The van der Waals surface area contributed by atoms with Gasteiger partial charge in [-0.25, -0.2) is 9.59 Å². The van der Waals surface area contributed by atoms with Crippen molar-refractivity contribution < 1.29 is 33.3 Å². The second-order valence-electron chi connectivity index (χ2n) is 3.67. The molecule has 0 radical (unpaired) electrons. The van der Waals surface area contributed by atoms with Crippen molar-refractivity contribution in [3.05, 3.63) is 35.8 Å². The Morgan fingerprint density at radius 2 is 1.76 bits per heavy atom. The van der Waals surface area contributed by atoms with Crippen molar-refractivity contribution in [2.45, 2.75) is 0 Å². The molecule has 0 unspecified atom stereocenters. The first-order valence-corrected chi connectivity index (χ1v) is 5.82. The van der Waals surface area contributed by atoms with Crippen molar-refractivity contribution in [1.29, 1.82) is 0 Å². The smallest absolute Gasteiger partial charge is 0.377 e. The summed E-state index contributed by atoms with van der Waals surface area (Å²) in [5.74, 6) is -1.04. The molecule has 114 valence electrons. The minimum atomic E-state index is -0.747. The molecule has 0 aliphatic rings. The highest BCUT2D eigenvalue weighted by Gasteiger charge is 2.19. The van der Waals surface area contributed by atoms with E-state index in [9.17, 15) is 9.59 Å². The predicted molar refractivity (Wildman–Crippen MR) is 72.1 cm³/mol. The fourth-order valence-electron chi connectivity index (χ4n) is 1.43. The summed E-state index contributed by atoms with van der Waals surface area (Å²) in [5, 5.41) is 0. The van der Waals surface area contributed by atoms with Gasteiger partial charge in [0, 0.05) is 0 Å². The topological polar surface area (TPSA) is 80.3 Å². The number of hydrogen-bond donors (Lipinski definition) is 0. The van der Waals surface area contributed by atoms with Crippen LogP contribution in [-0.4, -0.2) is 40.4 Å². The van der Waals surface area contributed by atoms with Crippen LogP contribution in [0.2, 0.25) is 0 Å². The van der Waals surface area contributed by atoms with E-state index in [0.29, 0.717) is 5.75 Å². The van der Waals surface area contributed by atoms with Gasteiger partial charge in [-0.3, -0.25) is 0 Å². The molecule has 7 nitrogen and oxygen atoms in total. The molecule has 1 aromatic rings. The minimum Gasteiger partial charge on any atom is -0.500 e. The van der Waals surface area contributed by atoms with Crippen LogP contribution in [0.5, 0.6) is 11.5 Å². The Morgan fingerprint density at radius 1 is 1.05 bits per heavy atom. The van der Waals surface area contributed by atoms with E-state index in [4.69, 9.17) is 14.2 Å². The molecular weight excluding hydrogens is 280 g/mol. The van der Waals surface area contributed by atoms with Crippen LogP contribution < -0.4 is 9.47 Å². The van der Waals surface area contributed by atoms with Crippen molar-refractivity contribution in [3.8, 4) is 11.5 Å². The normalized spacial score (nSPS) is 10.6. The van der Waals surface area contributed by atoms with E-state index < -0.39 is 11.9 Å². The molecule has 0 saturated carbocycles. The lowest BCUT2D eigenvalue weighted by Crippen LogP contribution is -2.13. The molecule has 1 rings (SSSR count). The third-order valence-electron chi connectivity index (χ3n) is 2.42. The number of benzene rings is 1. The number of ether oxygens (including phenoxy) is 5. The zero-order chi connectivity index (χ0) is 15.8. The largest absolute Gasteiger partial charge is 0.500 e. The molecule has 0 bridgehead atoms. The van der Waals surface area contributed by atoms with Gasteiger partial charge < -0.3 is 23.7 Å². The highest BCUT2D eigenvalue weighted by Crippen LogP contribution is 2.26. The Kier molecular flexibility index (Phi) is 6.06. The van der Waals surface area contributed by atoms with E-state index in [-0.39, 0.29) is 17.1 Å². The summed E-state index contributed by atoms with van der Waals surface area (Å²) in [4.78, 5) is 23.3. The van der Waals surface area contributed by atoms with E-state index >= 15 is 0 Å². The number of carbonyl (C=O) groups excluding carboxylic acids is 2. The van der Waals surface area contributed by atoms with Gasteiger partial charge in [0.15, 0.2) is 0 Å². The van der Waals surface area contributed by atoms with E-state index in [0.717, 1.165) is 6.26 Å². The summed E-state index contributed by atoms with van der Waals surface area (Å²) in [6, 6.07) is 4.48. The summed E-state index contributed by atoms with van der Waals surface area (Å²) >= 11 is 0. The Morgan fingerprint density at radius 3 is 2.29 bits per heavy atom. The predicted octanol–water partition coefficient (Wildman–Crippen LogP) is 1.52. The highest BCUT2D eigenvalue weighted by atomic mass is 16.6. The van der Waals surface area contributed by atoms with Crippen molar-refractivity contribution in [3.63, 3.8) is 0 Å². The van der Waals surface area contributed by atoms with Crippen LogP contribution in [0.3, 0.4) is 0 Å².